The van der Waals surface area contributed by atoms with Gasteiger partial charge in [0.1, 0.15) is 0 Å². The van der Waals surface area contributed by atoms with Crippen molar-refractivity contribution in [2.24, 2.45) is 0 Å². The molecule has 0 aliphatic carbocycles. The molecule has 2 heterocycles. The van der Waals surface area contributed by atoms with Gasteiger partial charge in [-0.15, -0.1) is 0 Å². The van der Waals surface area contributed by atoms with E-state index >= 15 is 0 Å². The molecule has 1 unspecified atom stereocenters. The Hall–Kier alpha value is -4.00. The Bertz CT molecular complexity index is 1240. The Kier molecular flexibility index (Phi) is 4.79. The number of fused-ring (bicyclic) bond motifs is 1. The van der Waals surface area contributed by atoms with Crippen LogP contribution in [-0.4, -0.2) is 21.0 Å². The Morgan fingerprint density at radius 2 is 1.90 bits per heavy atom. The lowest BCUT2D eigenvalue weighted by Crippen LogP contribution is -2.29. The molecule has 0 saturated carbocycles. The van der Waals surface area contributed by atoms with Crippen LogP contribution in [0.15, 0.2) is 83.8 Å². The van der Waals surface area contributed by atoms with Crippen molar-refractivity contribution < 1.29 is 14.8 Å². The van der Waals surface area contributed by atoms with E-state index in [9.17, 15) is 20.0 Å². The molecule has 7 nitrogen and oxygen atoms in total. The monoisotopic (exact) mass is 401 g/mol. The molecule has 2 aromatic carbocycles. The standard InChI is InChI=1S/C23H19N3O4/c1-14-12-19(16-6-3-7-17(13-16)26(29)30)22(23(27)28)15(2)25(14)21-10-4-9-20-18(21)8-5-11-24-20/h3-13,19H,1-2H3,(H,27,28). The average Bonchev–Trinajstić information content (AvgIpc) is 2.73. The number of nitro benzene ring substituents is 1. The number of nitrogens with zero attached hydrogens (tertiary/aromatic N) is 3. The third-order valence-electron chi connectivity index (χ3n) is 5.33. The smallest absolute Gasteiger partial charge is 0.334 e. The molecule has 1 aliphatic heterocycles. The summed E-state index contributed by atoms with van der Waals surface area (Å²) in [6.45, 7) is 3.67. The van der Waals surface area contributed by atoms with Gasteiger partial charge < -0.3 is 10.0 Å². The van der Waals surface area contributed by atoms with E-state index in [-0.39, 0.29) is 11.3 Å². The normalized spacial score (nSPS) is 16.5. The van der Waals surface area contributed by atoms with Gasteiger partial charge in [0, 0.05) is 41.0 Å². The van der Waals surface area contributed by atoms with Gasteiger partial charge in [-0.3, -0.25) is 15.1 Å². The number of carboxylic acid groups (broad SMARTS) is 1. The Labute approximate surface area is 172 Å². The fourth-order valence-corrected chi connectivity index (χ4v) is 4.04. The number of hydrogen-bond acceptors (Lipinski definition) is 5. The summed E-state index contributed by atoms with van der Waals surface area (Å²) in [5.74, 6) is -1.65. The molecule has 0 saturated heterocycles. The van der Waals surface area contributed by atoms with Gasteiger partial charge in [0.2, 0.25) is 0 Å². The second kappa shape index (κ2) is 7.44. The van der Waals surface area contributed by atoms with Crippen LogP contribution in [0.5, 0.6) is 0 Å². The maximum atomic E-state index is 12.3. The van der Waals surface area contributed by atoms with Gasteiger partial charge in [-0.05, 0) is 43.7 Å². The van der Waals surface area contributed by atoms with Gasteiger partial charge in [-0.1, -0.05) is 24.3 Å². The Morgan fingerprint density at radius 3 is 2.63 bits per heavy atom. The van der Waals surface area contributed by atoms with E-state index in [2.05, 4.69) is 4.98 Å². The van der Waals surface area contributed by atoms with Gasteiger partial charge in [-0.2, -0.15) is 0 Å². The Morgan fingerprint density at radius 1 is 1.13 bits per heavy atom. The van der Waals surface area contributed by atoms with Crippen molar-refractivity contribution in [1.82, 2.24) is 4.98 Å². The number of carbonyl (C=O) groups is 1. The molecular formula is C23H19N3O4. The summed E-state index contributed by atoms with van der Waals surface area (Å²) in [4.78, 5) is 29.3. The van der Waals surface area contributed by atoms with Crippen LogP contribution in [0.1, 0.15) is 25.3 Å². The molecule has 1 atom stereocenters. The van der Waals surface area contributed by atoms with Crippen molar-refractivity contribution in [3.63, 3.8) is 0 Å². The number of carboxylic acids is 1. The third kappa shape index (κ3) is 3.20. The topological polar surface area (TPSA) is 96.6 Å². The maximum absolute atomic E-state index is 12.3. The summed E-state index contributed by atoms with van der Waals surface area (Å²) in [6.07, 6.45) is 3.56. The van der Waals surface area contributed by atoms with E-state index in [1.165, 1.54) is 12.1 Å². The largest absolute Gasteiger partial charge is 0.478 e. The lowest BCUT2D eigenvalue weighted by atomic mass is 9.85. The van der Waals surface area contributed by atoms with Crippen LogP contribution in [0.3, 0.4) is 0 Å². The molecule has 0 amide bonds. The summed E-state index contributed by atoms with van der Waals surface area (Å²) >= 11 is 0. The summed E-state index contributed by atoms with van der Waals surface area (Å²) in [5.41, 5.74) is 3.74. The van der Waals surface area contributed by atoms with E-state index in [0.717, 1.165) is 22.3 Å². The number of aromatic nitrogens is 1. The van der Waals surface area contributed by atoms with Gasteiger partial charge in [-0.25, -0.2) is 4.79 Å². The van der Waals surface area contributed by atoms with Crippen molar-refractivity contribution in [3.05, 3.63) is 99.5 Å². The highest BCUT2D eigenvalue weighted by Gasteiger charge is 2.32. The first-order valence-electron chi connectivity index (χ1n) is 9.39. The highest BCUT2D eigenvalue weighted by molar-refractivity contribution is 5.97. The number of benzene rings is 2. The molecule has 0 bridgehead atoms. The fourth-order valence-electron chi connectivity index (χ4n) is 4.04. The van der Waals surface area contributed by atoms with Gasteiger partial charge in [0.25, 0.3) is 5.69 Å². The van der Waals surface area contributed by atoms with E-state index in [1.807, 2.05) is 48.2 Å². The number of anilines is 1. The van der Waals surface area contributed by atoms with E-state index in [1.54, 1.807) is 25.3 Å². The van der Waals surface area contributed by atoms with Gasteiger partial charge >= 0.3 is 5.97 Å². The van der Waals surface area contributed by atoms with Crippen molar-refractivity contribution in [2.45, 2.75) is 19.8 Å². The highest BCUT2D eigenvalue weighted by atomic mass is 16.6. The molecule has 0 spiro atoms. The van der Waals surface area contributed by atoms with E-state index in [4.69, 9.17) is 0 Å². The molecular weight excluding hydrogens is 382 g/mol. The number of pyridine rings is 1. The van der Waals surface area contributed by atoms with E-state index < -0.39 is 16.8 Å². The first-order valence-corrected chi connectivity index (χ1v) is 9.39. The zero-order valence-electron chi connectivity index (χ0n) is 16.4. The fraction of sp³-hybridized carbons (Fsp3) is 0.130. The minimum atomic E-state index is -1.06. The zero-order chi connectivity index (χ0) is 21.4. The lowest BCUT2D eigenvalue weighted by molar-refractivity contribution is -0.384. The minimum Gasteiger partial charge on any atom is -0.478 e. The number of allylic oxidation sites excluding steroid dienone is 3. The molecule has 4 rings (SSSR count). The van der Waals surface area contributed by atoms with Crippen molar-refractivity contribution in [2.75, 3.05) is 4.90 Å². The zero-order valence-corrected chi connectivity index (χ0v) is 16.4. The van der Waals surface area contributed by atoms with Crippen LogP contribution in [-0.2, 0) is 4.79 Å². The molecule has 3 aromatic rings. The molecule has 0 fully saturated rings. The molecule has 1 aromatic heterocycles. The van der Waals surface area contributed by atoms with Crippen molar-refractivity contribution in [3.8, 4) is 0 Å². The second-order valence-corrected chi connectivity index (χ2v) is 7.12. The van der Waals surface area contributed by atoms with Gasteiger partial charge in [0.15, 0.2) is 0 Å². The number of aliphatic carboxylic acids is 1. The average molecular weight is 401 g/mol. The summed E-state index contributed by atoms with van der Waals surface area (Å²) in [5, 5.41) is 22.1. The van der Waals surface area contributed by atoms with Crippen LogP contribution >= 0.6 is 0 Å². The summed E-state index contributed by atoms with van der Waals surface area (Å²) < 4.78 is 0. The van der Waals surface area contributed by atoms with Crippen molar-refractivity contribution >= 4 is 28.2 Å². The molecule has 7 heteroatoms. The predicted octanol–water partition coefficient (Wildman–Crippen LogP) is 5.01. The number of hydrogen-bond donors (Lipinski definition) is 1. The molecule has 30 heavy (non-hydrogen) atoms. The maximum Gasteiger partial charge on any atom is 0.334 e. The molecule has 0 radical (unpaired) electrons. The minimum absolute atomic E-state index is 0.0662. The first-order chi connectivity index (χ1) is 14.4. The van der Waals surface area contributed by atoms with Crippen molar-refractivity contribution in [1.29, 1.82) is 0 Å². The molecule has 1 aliphatic rings. The van der Waals surface area contributed by atoms with Crippen LogP contribution in [0.4, 0.5) is 11.4 Å². The van der Waals surface area contributed by atoms with E-state index in [0.29, 0.717) is 11.3 Å². The molecule has 150 valence electrons. The third-order valence-corrected chi connectivity index (χ3v) is 5.33. The second-order valence-electron chi connectivity index (χ2n) is 7.12. The highest BCUT2D eigenvalue weighted by Crippen LogP contribution is 2.41. The quantitative estimate of drug-likeness (QED) is 0.488. The Balaban J connectivity index is 1.89. The summed E-state index contributed by atoms with van der Waals surface area (Å²) in [7, 11) is 0. The van der Waals surface area contributed by atoms with Crippen LogP contribution < -0.4 is 4.90 Å². The van der Waals surface area contributed by atoms with Crippen LogP contribution in [0.25, 0.3) is 10.9 Å². The number of rotatable bonds is 4. The van der Waals surface area contributed by atoms with Crippen LogP contribution in [0, 0.1) is 10.1 Å². The lowest BCUT2D eigenvalue weighted by Gasteiger charge is -2.35. The predicted molar refractivity (Wildman–Crippen MR) is 114 cm³/mol. The number of non-ortho nitro benzene ring substituents is 1. The SMILES string of the molecule is CC1=CC(c2cccc([N+](=O)[O-])c2)C(C(=O)O)=C(C)N1c1cccc2ncccc12. The summed E-state index contributed by atoms with van der Waals surface area (Å²) in [6, 6.07) is 15.6. The molecule has 1 N–H and O–H groups in total. The van der Waals surface area contributed by atoms with Crippen LogP contribution in [0.2, 0.25) is 0 Å². The number of nitro groups is 1. The van der Waals surface area contributed by atoms with Gasteiger partial charge in [0.05, 0.1) is 21.7 Å². The first kappa shape index (κ1) is 19.3.